The molecule has 0 unspecified atom stereocenters. The summed E-state index contributed by atoms with van der Waals surface area (Å²) in [4.78, 5) is 0. The number of hydrogen-bond donors (Lipinski definition) is 3. The van der Waals surface area contributed by atoms with Crippen LogP contribution in [0.3, 0.4) is 0 Å². The number of aliphatic hydroxyl groups is 1. The number of aliphatic hydroxyl groups excluding tert-OH is 1. The smallest absolute Gasteiger partial charge is 0.157 e. The van der Waals surface area contributed by atoms with Gasteiger partial charge in [0.2, 0.25) is 0 Å². The Balaban J connectivity index is 2.35. The van der Waals surface area contributed by atoms with E-state index in [1.165, 1.54) is 11.5 Å². The average molecular weight is 226 g/mol. The van der Waals surface area contributed by atoms with Gasteiger partial charge in [0.25, 0.3) is 0 Å². The molecule has 0 radical (unpaired) electrons. The van der Waals surface area contributed by atoms with Crippen molar-refractivity contribution in [2.24, 2.45) is 0 Å². The first-order valence-corrected chi connectivity index (χ1v) is 5.57. The molecule has 0 aromatic carbocycles. The number of nitriles is 1. The Kier molecular flexibility index (Phi) is 4.87. The van der Waals surface area contributed by atoms with Crippen molar-refractivity contribution in [1.82, 2.24) is 4.37 Å². The molecule has 1 rings (SSSR count). The molecule has 0 aliphatic heterocycles. The van der Waals surface area contributed by atoms with E-state index in [1.807, 2.05) is 6.07 Å². The Bertz CT molecular complexity index is 344. The quantitative estimate of drug-likeness (QED) is 0.633. The maximum Gasteiger partial charge on any atom is 0.157 e. The van der Waals surface area contributed by atoms with E-state index in [0.717, 1.165) is 30.8 Å². The Morgan fingerprint density at radius 1 is 1.47 bits per heavy atom. The monoisotopic (exact) mass is 226 g/mol. The number of nitrogens with one attached hydrogen (secondary N) is 1. The fourth-order valence-corrected chi connectivity index (χ4v) is 1.84. The predicted molar refractivity (Wildman–Crippen MR) is 60.7 cm³/mol. The van der Waals surface area contributed by atoms with Gasteiger partial charge in [0.05, 0.1) is 0 Å². The van der Waals surface area contributed by atoms with Crippen molar-refractivity contribution < 1.29 is 5.11 Å². The molecule has 1 aromatic heterocycles. The van der Waals surface area contributed by atoms with Crippen molar-refractivity contribution in [3.8, 4) is 6.07 Å². The first-order chi connectivity index (χ1) is 7.29. The van der Waals surface area contributed by atoms with Crippen LogP contribution < -0.4 is 11.1 Å². The van der Waals surface area contributed by atoms with E-state index in [0.29, 0.717) is 11.4 Å². The minimum Gasteiger partial charge on any atom is -0.396 e. The Hall–Kier alpha value is -1.32. The lowest BCUT2D eigenvalue weighted by Crippen LogP contribution is -2.01. The van der Waals surface area contributed by atoms with Crippen LogP contribution in [0.2, 0.25) is 0 Å². The van der Waals surface area contributed by atoms with Gasteiger partial charge in [0.15, 0.2) is 5.82 Å². The van der Waals surface area contributed by atoms with E-state index in [4.69, 9.17) is 16.1 Å². The molecule has 15 heavy (non-hydrogen) atoms. The SMILES string of the molecule is N#Cc1c(N)nsc1NCCCCCO. The molecule has 0 saturated carbocycles. The fraction of sp³-hybridized carbons (Fsp3) is 0.556. The van der Waals surface area contributed by atoms with Gasteiger partial charge in [-0.1, -0.05) is 0 Å². The van der Waals surface area contributed by atoms with Crippen LogP contribution in [0, 0.1) is 11.3 Å². The molecule has 0 saturated heterocycles. The van der Waals surface area contributed by atoms with E-state index >= 15 is 0 Å². The lowest BCUT2D eigenvalue weighted by Gasteiger charge is -2.02. The molecule has 0 amide bonds. The maximum absolute atomic E-state index is 8.79. The largest absolute Gasteiger partial charge is 0.396 e. The second-order valence-corrected chi connectivity index (χ2v) is 3.87. The Labute approximate surface area is 92.7 Å². The van der Waals surface area contributed by atoms with Crippen molar-refractivity contribution >= 4 is 22.4 Å². The van der Waals surface area contributed by atoms with Gasteiger partial charge in [0.1, 0.15) is 16.6 Å². The summed E-state index contributed by atoms with van der Waals surface area (Å²) >= 11 is 1.21. The minimum atomic E-state index is 0.233. The van der Waals surface area contributed by atoms with E-state index in [1.54, 1.807) is 0 Å². The zero-order valence-corrected chi connectivity index (χ0v) is 9.18. The lowest BCUT2D eigenvalue weighted by molar-refractivity contribution is 0.283. The van der Waals surface area contributed by atoms with E-state index in [2.05, 4.69) is 9.69 Å². The molecule has 0 bridgehead atoms. The summed E-state index contributed by atoms with van der Waals surface area (Å²) in [5.41, 5.74) is 5.94. The lowest BCUT2D eigenvalue weighted by atomic mass is 10.2. The van der Waals surface area contributed by atoms with Gasteiger partial charge in [0, 0.05) is 13.2 Å². The third-order valence-electron chi connectivity index (χ3n) is 1.95. The van der Waals surface area contributed by atoms with Crippen molar-refractivity contribution in [2.75, 3.05) is 24.2 Å². The highest BCUT2D eigenvalue weighted by molar-refractivity contribution is 7.10. The molecule has 5 nitrogen and oxygen atoms in total. The molecular formula is C9H14N4OS. The van der Waals surface area contributed by atoms with Crippen LogP contribution in [-0.2, 0) is 0 Å². The van der Waals surface area contributed by atoms with Gasteiger partial charge in [-0.2, -0.15) is 9.64 Å². The Morgan fingerprint density at radius 2 is 2.27 bits per heavy atom. The highest BCUT2D eigenvalue weighted by Crippen LogP contribution is 2.25. The van der Waals surface area contributed by atoms with Gasteiger partial charge >= 0.3 is 0 Å². The van der Waals surface area contributed by atoms with Gasteiger partial charge in [-0.15, -0.1) is 0 Å². The topological polar surface area (TPSA) is 95.0 Å². The van der Waals surface area contributed by atoms with E-state index in [-0.39, 0.29) is 6.61 Å². The van der Waals surface area contributed by atoms with Crippen LogP contribution in [-0.4, -0.2) is 22.6 Å². The molecule has 82 valence electrons. The minimum absolute atomic E-state index is 0.233. The molecular weight excluding hydrogens is 212 g/mol. The summed E-state index contributed by atoms with van der Waals surface area (Å²) in [6.07, 6.45) is 2.75. The molecule has 4 N–H and O–H groups in total. The number of hydrogen-bond acceptors (Lipinski definition) is 6. The van der Waals surface area contributed by atoms with E-state index < -0.39 is 0 Å². The van der Waals surface area contributed by atoms with Gasteiger partial charge in [-0.3, -0.25) is 0 Å². The van der Waals surface area contributed by atoms with Gasteiger partial charge in [-0.25, -0.2) is 0 Å². The summed E-state index contributed by atoms with van der Waals surface area (Å²) < 4.78 is 3.90. The normalized spacial score (nSPS) is 9.87. The predicted octanol–water partition coefficient (Wildman–Crippen LogP) is 1.17. The third-order valence-corrected chi connectivity index (χ3v) is 2.77. The highest BCUT2D eigenvalue weighted by atomic mass is 32.1. The van der Waals surface area contributed by atoms with Crippen LogP contribution in [0.4, 0.5) is 10.8 Å². The van der Waals surface area contributed by atoms with Crippen molar-refractivity contribution in [3.05, 3.63) is 5.56 Å². The molecule has 0 fully saturated rings. The third kappa shape index (κ3) is 3.38. The number of nitrogen functional groups attached to an aromatic ring is 1. The van der Waals surface area contributed by atoms with Crippen LogP contribution in [0.15, 0.2) is 0 Å². The Morgan fingerprint density at radius 3 is 2.93 bits per heavy atom. The number of aromatic nitrogens is 1. The van der Waals surface area contributed by atoms with Crippen LogP contribution in [0.5, 0.6) is 0 Å². The summed E-state index contributed by atoms with van der Waals surface area (Å²) in [6, 6.07) is 2.02. The van der Waals surface area contributed by atoms with Crippen LogP contribution >= 0.6 is 11.5 Å². The number of anilines is 2. The number of nitrogens with zero attached hydrogens (tertiary/aromatic N) is 2. The standard InChI is InChI=1S/C9H14N4OS/c10-6-7-8(11)13-15-9(7)12-4-2-1-3-5-14/h12,14H,1-5H2,(H2,11,13). The van der Waals surface area contributed by atoms with Crippen LogP contribution in [0.1, 0.15) is 24.8 Å². The first kappa shape index (κ1) is 11.8. The molecule has 0 spiro atoms. The van der Waals surface area contributed by atoms with Crippen molar-refractivity contribution in [2.45, 2.75) is 19.3 Å². The second-order valence-electron chi connectivity index (χ2n) is 3.09. The molecule has 6 heteroatoms. The zero-order valence-electron chi connectivity index (χ0n) is 8.36. The number of nitrogens with two attached hydrogens (primary N) is 1. The highest BCUT2D eigenvalue weighted by Gasteiger charge is 2.09. The average Bonchev–Trinajstić information content (AvgIpc) is 2.59. The van der Waals surface area contributed by atoms with Crippen LogP contribution in [0.25, 0.3) is 0 Å². The molecule has 0 aliphatic carbocycles. The zero-order chi connectivity index (χ0) is 11.1. The van der Waals surface area contributed by atoms with Crippen molar-refractivity contribution in [3.63, 3.8) is 0 Å². The maximum atomic E-state index is 8.79. The first-order valence-electron chi connectivity index (χ1n) is 4.79. The molecule has 0 atom stereocenters. The summed E-state index contributed by atoms with van der Waals surface area (Å²) in [5, 5.41) is 21.2. The number of unbranched alkanes of at least 4 members (excludes halogenated alkanes) is 2. The molecule has 1 heterocycles. The second kappa shape index (κ2) is 6.22. The van der Waals surface area contributed by atoms with E-state index in [9.17, 15) is 0 Å². The van der Waals surface area contributed by atoms with Gasteiger partial charge in [-0.05, 0) is 30.8 Å². The summed E-state index contributed by atoms with van der Waals surface area (Å²) in [7, 11) is 0. The molecule has 0 aliphatic rings. The fourth-order valence-electron chi connectivity index (χ4n) is 1.15. The van der Waals surface area contributed by atoms with Crippen molar-refractivity contribution in [1.29, 1.82) is 5.26 Å². The summed E-state index contributed by atoms with van der Waals surface area (Å²) in [6.45, 7) is 1.01. The molecule has 1 aromatic rings. The number of rotatable bonds is 6. The van der Waals surface area contributed by atoms with Gasteiger partial charge < -0.3 is 16.2 Å². The summed E-state index contributed by atoms with van der Waals surface area (Å²) in [5.74, 6) is 0.292.